The SMILES string of the molecule is CCCc1ccc2[cH-]c(C(C)CC)cc2c1-c1cc(C(C)C)cc(C(C)C)c1.[Cl][Zr+2][Cl].[c-]1cccc2c1[Si]c1ccccc1-2. The maximum atomic E-state index is 4.93. The summed E-state index contributed by atoms with van der Waals surface area (Å²) in [7, 11) is 10.7. The fourth-order valence-electron chi connectivity index (χ4n) is 5.90. The van der Waals surface area contributed by atoms with Crippen LogP contribution in [0.4, 0.5) is 0 Å². The molecule has 5 aromatic rings. The molecule has 0 saturated carbocycles. The van der Waals surface area contributed by atoms with Crippen LogP contribution in [0.2, 0.25) is 0 Å². The third-order valence-corrected chi connectivity index (χ3v) is 10.0. The molecular weight excluding hydrogens is 671 g/mol. The Balaban J connectivity index is 0.000000226. The molecule has 0 bridgehead atoms. The molecule has 0 aliphatic carbocycles. The summed E-state index contributed by atoms with van der Waals surface area (Å²) in [6.07, 6.45) is 3.50. The number of aryl methyl sites for hydroxylation is 1. The minimum atomic E-state index is -0.826. The summed E-state index contributed by atoms with van der Waals surface area (Å²) in [5, 5.41) is 5.66. The van der Waals surface area contributed by atoms with Crippen LogP contribution in [0, 0.1) is 6.07 Å². The molecule has 4 heteroatoms. The first kappa shape index (κ1) is 35.0. The molecule has 0 amide bonds. The fourth-order valence-corrected chi connectivity index (χ4v) is 7.21. The molecule has 0 fully saturated rings. The van der Waals surface area contributed by atoms with Gasteiger partial charge in [0, 0.05) is 0 Å². The zero-order valence-electron chi connectivity index (χ0n) is 27.2. The monoisotopic (exact) mass is 712 g/mol. The Kier molecular flexibility index (Phi) is 13.3. The van der Waals surface area contributed by atoms with Crippen LogP contribution < -0.4 is 10.4 Å². The van der Waals surface area contributed by atoms with Crippen LogP contribution in [0.5, 0.6) is 0 Å². The summed E-state index contributed by atoms with van der Waals surface area (Å²) in [4.78, 5) is 0. The van der Waals surface area contributed by atoms with Gasteiger partial charge in [0.1, 0.15) is 0 Å². The van der Waals surface area contributed by atoms with Gasteiger partial charge in [0.15, 0.2) is 0 Å². The van der Waals surface area contributed by atoms with Crippen molar-refractivity contribution in [3.8, 4) is 22.3 Å². The number of benzene rings is 4. The Morgan fingerprint density at radius 1 is 0.818 bits per heavy atom. The van der Waals surface area contributed by atoms with Crippen LogP contribution in [-0.2, 0) is 27.3 Å². The van der Waals surface area contributed by atoms with Crippen LogP contribution >= 0.6 is 17.0 Å². The fraction of sp³-hybridized carbons (Fsp3) is 0.325. The van der Waals surface area contributed by atoms with Crippen molar-refractivity contribution in [2.75, 3.05) is 0 Å². The van der Waals surface area contributed by atoms with E-state index in [9.17, 15) is 0 Å². The zero-order valence-corrected chi connectivity index (χ0v) is 32.2. The van der Waals surface area contributed by atoms with E-state index in [1.165, 1.54) is 78.5 Å². The molecule has 1 aliphatic rings. The third kappa shape index (κ3) is 8.30. The second-order valence-corrected chi connectivity index (χ2v) is 17.4. The van der Waals surface area contributed by atoms with E-state index in [-0.39, 0.29) is 0 Å². The van der Waals surface area contributed by atoms with Gasteiger partial charge in [0.2, 0.25) is 0 Å². The molecule has 0 nitrogen and oxygen atoms in total. The topological polar surface area (TPSA) is 0 Å². The Morgan fingerprint density at radius 2 is 1.48 bits per heavy atom. The predicted octanol–water partition coefficient (Wildman–Crippen LogP) is 11.4. The average molecular weight is 715 g/mol. The minimum absolute atomic E-state index is 0.543. The standard InChI is InChI=1S/C28H37.C12H7Si.2ClH.Zr/c1-8-10-21-11-12-22-13-25(20(7)9-2)17-27(22)28(21)26-15-23(18(3)4)14-24(16-26)19(5)6;1-3-7-11-9(5-1)10-6-2-4-8-12(10)13-11;;;/h11-20H,8-10H2,1-7H3;1-7H;2*1H;/q2*-1;;;+4/p-2. The zero-order chi connectivity index (χ0) is 31.8. The van der Waals surface area contributed by atoms with Crippen LogP contribution in [0.15, 0.2) is 84.9 Å². The quantitative estimate of drug-likeness (QED) is 0.114. The Bertz CT molecular complexity index is 1600. The summed E-state index contributed by atoms with van der Waals surface area (Å²) in [5.74, 6) is 1.70. The van der Waals surface area contributed by atoms with E-state index in [4.69, 9.17) is 17.0 Å². The van der Waals surface area contributed by atoms with Gasteiger partial charge in [-0.1, -0.05) is 126 Å². The van der Waals surface area contributed by atoms with Gasteiger partial charge < -0.3 is 0 Å². The van der Waals surface area contributed by atoms with E-state index in [0.29, 0.717) is 17.8 Å². The van der Waals surface area contributed by atoms with Gasteiger partial charge in [-0.05, 0) is 40.9 Å². The van der Waals surface area contributed by atoms with Crippen LogP contribution in [0.3, 0.4) is 0 Å². The summed E-state index contributed by atoms with van der Waals surface area (Å²) in [5.41, 5.74) is 11.5. The normalized spacial score (nSPS) is 12.2. The minimum Gasteiger partial charge on any atom is -0.184 e. The van der Waals surface area contributed by atoms with Gasteiger partial charge in [0.05, 0.1) is 9.52 Å². The molecule has 5 aromatic carbocycles. The maximum Gasteiger partial charge on any atom is 0.0920 e. The molecule has 226 valence electrons. The van der Waals surface area contributed by atoms with Crippen molar-refractivity contribution in [1.82, 2.24) is 0 Å². The van der Waals surface area contributed by atoms with Crippen molar-refractivity contribution in [1.29, 1.82) is 0 Å². The van der Waals surface area contributed by atoms with Crippen LogP contribution in [-0.4, -0.2) is 9.52 Å². The van der Waals surface area contributed by atoms with Crippen LogP contribution in [0.1, 0.15) is 101 Å². The molecule has 0 saturated heterocycles. The van der Waals surface area contributed by atoms with Gasteiger partial charge in [0.25, 0.3) is 0 Å². The maximum absolute atomic E-state index is 4.93. The van der Waals surface area contributed by atoms with Gasteiger partial charge in [-0.2, -0.15) is 35.5 Å². The van der Waals surface area contributed by atoms with Gasteiger partial charge in [-0.3, -0.25) is 0 Å². The summed E-state index contributed by atoms with van der Waals surface area (Å²) in [6.45, 7) is 16.1. The number of rotatable bonds is 7. The molecule has 1 heterocycles. The first-order valence-corrected chi connectivity index (χ1v) is 23.3. The summed E-state index contributed by atoms with van der Waals surface area (Å²) in [6, 6.07) is 35.1. The van der Waals surface area contributed by atoms with Crippen molar-refractivity contribution in [3.63, 3.8) is 0 Å². The molecule has 6 rings (SSSR count). The molecule has 0 N–H and O–H groups in total. The molecule has 2 radical (unpaired) electrons. The van der Waals surface area contributed by atoms with E-state index >= 15 is 0 Å². The number of hydrogen-bond acceptors (Lipinski definition) is 0. The van der Waals surface area contributed by atoms with Gasteiger partial charge in [-0.25, -0.2) is 0 Å². The molecule has 0 spiro atoms. The van der Waals surface area contributed by atoms with Gasteiger partial charge >= 0.3 is 37.9 Å². The third-order valence-electron chi connectivity index (χ3n) is 8.63. The van der Waals surface area contributed by atoms with Crippen molar-refractivity contribution < 1.29 is 20.8 Å². The van der Waals surface area contributed by atoms with Crippen LogP contribution in [0.25, 0.3) is 33.0 Å². The van der Waals surface area contributed by atoms with E-state index < -0.39 is 20.8 Å². The van der Waals surface area contributed by atoms with Gasteiger partial charge in [-0.15, -0.1) is 40.1 Å². The van der Waals surface area contributed by atoms with Crippen molar-refractivity contribution >= 4 is 47.7 Å². The number of hydrogen-bond donors (Lipinski definition) is 0. The van der Waals surface area contributed by atoms with E-state index in [0.717, 1.165) is 15.9 Å². The number of fused-ring (bicyclic) bond motifs is 4. The molecule has 44 heavy (non-hydrogen) atoms. The molecular formula is C40H44Cl2SiZr. The smallest absolute Gasteiger partial charge is 0.0920 e. The Hall–Kier alpha value is -1.83. The van der Waals surface area contributed by atoms with Crippen molar-refractivity contribution in [2.45, 2.75) is 85.5 Å². The average Bonchev–Trinajstić information content (AvgIpc) is 3.63. The predicted molar refractivity (Wildman–Crippen MR) is 193 cm³/mol. The number of halogens is 2. The van der Waals surface area contributed by atoms with Crippen molar-refractivity contribution in [3.05, 3.63) is 113 Å². The Morgan fingerprint density at radius 3 is 2.11 bits per heavy atom. The second kappa shape index (κ2) is 16.6. The van der Waals surface area contributed by atoms with E-state index in [1.807, 2.05) is 6.07 Å². The van der Waals surface area contributed by atoms with Crippen molar-refractivity contribution in [2.24, 2.45) is 0 Å². The summed E-state index contributed by atoms with van der Waals surface area (Å²) >= 11 is -0.826. The molecule has 0 aromatic heterocycles. The summed E-state index contributed by atoms with van der Waals surface area (Å²) < 4.78 is 0. The largest absolute Gasteiger partial charge is 0.184 e. The first-order valence-electron chi connectivity index (χ1n) is 15.9. The molecule has 1 unspecified atom stereocenters. The second-order valence-electron chi connectivity index (χ2n) is 12.3. The van der Waals surface area contributed by atoms with E-state index in [2.05, 4.69) is 133 Å². The first-order chi connectivity index (χ1) is 21.2. The Labute approximate surface area is 287 Å². The molecule has 1 atom stereocenters. The molecule has 1 aliphatic heterocycles. The van der Waals surface area contributed by atoms with E-state index in [1.54, 1.807) is 0 Å².